The van der Waals surface area contributed by atoms with Crippen molar-refractivity contribution in [2.45, 2.75) is 52.0 Å². The van der Waals surface area contributed by atoms with E-state index in [9.17, 15) is 4.79 Å². The van der Waals surface area contributed by atoms with Crippen molar-refractivity contribution in [3.63, 3.8) is 0 Å². The summed E-state index contributed by atoms with van der Waals surface area (Å²) in [7, 11) is 1.77. The van der Waals surface area contributed by atoms with Crippen LogP contribution in [-0.4, -0.2) is 43.4 Å². The van der Waals surface area contributed by atoms with Crippen molar-refractivity contribution in [1.82, 2.24) is 15.5 Å². The number of nitrogens with one attached hydrogen (secondary N) is 2. The first-order valence-electron chi connectivity index (χ1n) is 9.43. The molecule has 0 unspecified atom stereocenters. The van der Waals surface area contributed by atoms with E-state index in [1.165, 1.54) is 42.5 Å². The average Bonchev–Trinajstić information content (AvgIpc) is 3.30. The Morgan fingerprint density at radius 3 is 2.81 bits per heavy atom. The van der Waals surface area contributed by atoms with Gasteiger partial charge in [-0.05, 0) is 48.1 Å². The van der Waals surface area contributed by atoms with Crippen molar-refractivity contribution in [3.8, 4) is 0 Å². The molecule has 0 radical (unpaired) electrons. The minimum Gasteiger partial charge on any atom is -0.356 e. The lowest BCUT2D eigenvalue weighted by molar-refractivity contribution is -0.130. The molecular weight excluding hydrogens is 459 g/mol. The molecule has 2 N–H and O–H groups in total. The predicted molar refractivity (Wildman–Crippen MR) is 119 cm³/mol. The maximum Gasteiger partial charge on any atom is 0.242 e. The molecule has 26 heavy (non-hydrogen) atoms. The SMILES string of the molecule is CCC1(CNC(=NC)NCC(=O)N2CCc3sccc3C2)CCCC1.I. The molecule has 2 aliphatic rings. The Hall–Kier alpha value is -0.830. The van der Waals surface area contributed by atoms with Crippen molar-refractivity contribution in [2.24, 2.45) is 10.4 Å². The summed E-state index contributed by atoms with van der Waals surface area (Å²) in [5.41, 5.74) is 1.71. The van der Waals surface area contributed by atoms with Gasteiger partial charge in [0.1, 0.15) is 0 Å². The Morgan fingerprint density at radius 1 is 1.35 bits per heavy atom. The van der Waals surface area contributed by atoms with Crippen LogP contribution >= 0.6 is 35.3 Å². The standard InChI is InChI=1S/C19H30N4OS.HI/c1-3-19(8-4-5-9-19)14-22-18(20-2)21-12-17(24)23-10-6-16-15(13-23)7-11-25-16;/h7,11H,3-6,8-10,12-14H2,1-2H3,(H2,20,21,22);1H. The second kappa shape index (κ2) is 9.92. The molecule has 0 bridgehead atoms. The normalized spacial score (nSPS) is 18.8. The van der Waals surface area contributed by atoms with E-state index in [2.05, 4.69) is 34.0 Å². The molecule has 1 aliphatic carbocycles. The number of amides is 1. The van der Waals surface area contributed by atoms with Crippen molar-refractivity contribution >= 4 is 47.2 Å². The first-order chi connectivity index (χ1) is 12.2. The van der Waals surface area contributed by atoms with E-state index in [1.807, 2.05) is 4.90 Å². The molecule has 0 aromatic carbocycles. The second-order valence-corrected chi connectivity index (χ2v) is 8.27. The lowest BCUT2D eigenvalue weighted by Crippen LogP contribution is -2.47. The summed E-state index contributed by atoms with van der Waals surface area (Å²) in [5, 5.41) is 8.76. The summed E-state index contributed by atoms with van der Waals surface area (Å²) in [6, 6.07) is 2.14. The van der Waals surface area contributed by atoms with Gasteiger partial charge in [0, 0.05) is 31.6 Å². The predicted octanol–water partition coefficient (Wildman–Crippen LogP) is 3.39. The highest BCUT2D eigenvalue weighted by Gasteiger charge is 2.32. The highest BCUT2D eigenvalue weighted by Crippen LogP contribution is 2.40. The Balaban J connectivity index is 0.00000243. The summed E-state index contributed by atoms with van der Waals surface area (Å²) < 4.78 is 0. The van der Waals surface area contributed by atoms with E-state index in [-0.39, 0.29) is 29.9 Å². The number of carbonyl (C=O) groups is 1. The molecule has 146 valence electrons. The van der Waals surface area contributed by atoms with Gasteiger partial charge >= 0.3 is 0 Å². The fraction of sp³-hybridized carbons (Fsp3) is 0.684. The topological polar surface area (TPSA) is 56.7 Å². The lowest BCUT2D eigenvalue weighted by atomic mass is 9.83. The molecule has 2 heterocycles. The molecule has 1 amide bonds. The maximum atomic E-state index is 12.5. The number of guanidine groups is 1. The summed E-state index contributed by atoms with van der Waals surface area (Å²) in [4.78, 5) is 20.2. The minimum atomic E-state index is 0. The van der Waals surface area contributed by atoms with Gasteiger partial charge in [-0.25, -0.2) is 0 Å². The van der Waals surface area contributed by atoms with Gasteiger partial charge in [0.15, 0.2) is 5.96 Å². The lowest BCUT2D eigenvalue weighted by Gasteiger charge is -2.29. The quantitative estimate of drug-likeness (QED) is 0.378. The van der Waals surface area contributed by atoms with Gasteiger partial charge in [0.05, 0.1) is 6.54 Å². The van der Waals surface area contributed by atoms with Gasteiger partial charge in [-0.2, -0.15) is 0 Å². The number of halogens is 1. The third-order valence-electron chi connectivity index (χ3n) is 5.84. The number of fused-ring (bicyclic) bond motifs is 1. The number of rotatable bonds is 5. The van der Waals surface area contributed by atoms with Crippen molar-refractivity contribution < 1.29 is 4.79 Å². The van der Waals surface area contributed by atoms with Crippen molar-refractivity contribution in [3.05, 3.63) is 21.9 Å². The summed E-state index contributed by atoms with van der Waals surface area (Å²) in [6.45, 7) is 5.09. The zero-order valence-corrected chi connectivity index (χ0v) is 19.0. The van der Waals surface area contributed by atoms with Crippen LogP contribution in [0.15, 0.2) is 16.4 Å². The smallest absolute Gasteiger partial charge is 0.242 e. The summed E-state index contributed by atoms with van der Waals surface area (Å²) in [6.07, 6.45) is 7.43. The average molecular weight is 490 g/mol. The monoisotopic (exact) mass is 490 g/mol. The molecule has 0 saturated heterocycles. The van der Waals surface area contributed by atoms with Crippen LogP contribution < -0.4 is 10.6 Å². The number of aliphatic imine (C=N–C) groups is 1. The number of carbonyl (C=O) groups excluding carboxylic acids is 1. The molecule has 1 fully saturated rings. The zero-order valence-electron chi connectivity index (χ0n) is 15.8. The van der Waals surface area contributed by atoms with Crippen LogP contribution in [0.2, 0.25) is 0 Å². The third kappa shape index (κ3) is 5.12. The van der Waals surface area contributed by atoms with Gasteiger partial charge < -0.3 is 15.5 Å². The van der Waals surface area contributed by atoms with Crippen molar-refractivity contribution in [2.75, 3.05) is 26.7 Å². The molecule has 0 spiro atoms. The maximum absolute atomic E-state index is 12.5. The first-order valence-corrected chi connectivity index (χ1v) is 10.3. The van der Waals surface area contributed by atoms with Gasteiger partial charge in [-0.3, -0.25) is 9.79 Å². The van der Waals surface area contributed by atoms with Crippen LogP contribution in [0.1, 0.15) is 49.5 Å². The Bertz CT molecular complexity index is 625. The number of thiophene rings is 1. The summed E-state index contributed by atoms with van der Waals surface area (Å²) in [5.74, 6) is 0.882. The van der Waals surface area contributed by atoms with E-state index in [4.69, 9.17) is 0 Å². The first kappa shape index (κ1) is 21.5. The van der Waals surface area contributed by atoms with Crippen LogP contribution in [0.5, 0.6) is 0 Å². The Labute approximate surface area is 178 Å². The molecule has 0 atom stereocenters. The Morgan fingerprint density at radius 2 is 2.12 bits per heavy atom. The molecular formula is C19H31IN4OS. The van der Waals surface area contributed by atoms with E-state index in [0.717, 1.165) is 32.0 Å². The minimum absolute atomic E-state index is 0. The molecule has 1 aromatic rings. The Kier molecular flexibility index (Phi) is 8.19. The molecule has 5 nitrogen and oxygen atoms in total. The number of hydrogen-bond donors (Lipinski definition) is 2. The fourth-order valence-corrected chi connectivity index (χ4v) is 4.89. The third-order valence-corrected chi connectivity index (χ3v) is 6.86. The summed E-state index contributed by atoms with van der Waals surface area (Å²) >= 11 is 1.80. The van der Waals surface area contributed by atoms with Gasteiger partial charge in [0.25, 0.3) is 0 Å². The van der Waals surface area contributed by atoms with Crippen LogP contribution in [0.3, 0.4) is 0 Å². The zero-order chi connectivity index (χ0) is 17.7. The van der Waals surface area contributed by atoms with E-state index >= 15 is 0 Å². The number of nitrogens with zero attached hydrogens (tertiary/aromatic N) is 2. The van der Waals surface area contributed by atoms with Crippen molar-refractivity contribution in [1.29, 1.82) is 0 Å². The molecule has 1 aliphatic heterocycles. The molecule has 7 heteroatoms. The highest BCUT2D eigenvalue weighted by molar-refractivity contribution is 14.0. The van der Waals surface area contributed by atoms with Crippen LogP contribution in [0, 0.1) is 5.41 Å². The van der Waals surface area contributed by atoms with E-state index in [0.29, 0.717) is 12.0 Å². The molecule has 1 aromatic heterocycles. The second-order valence-electron chi connectivity index (χ2n) is 7.27. The van der Waals surface area contributed by atoms with E-state index < -0.39 is 0 Å². The van der Waals surface area contributed by atoms with Gasteiger partial charge in [0.2, 0.25) is 5.91 Å². The van der Waals surface area contributed by atoms with Gasteiger partial charge in [-0.15, -0.1) is 35.3 Å². The number of hydrogen-bond acceptors (Lipinski definition) is 3. The largest absolute Gasteiger partial charge is 0.356 e. The van der Waals surface area contributed by atoms with Crippen LogP contribution in [-0.2, 0) is 17.8 Å². The van der Waals surface area contributed by atoms with E-state index in [1.54, 1.807) is 18.4 Å². The van der Waals surface area contributed by atoms with Crippen LogP contribution in [0.25, 0.3) is 0 Å². The van der Waals surface area contributed by atoms with Gasteiger partial charge in [-0.1, -0.05) is 19.8 Å². The molecule has 1 saturated carbocycles. The van der Waals surface area contributed by atoms with Crippen LogP contribution in [0.4, 0.5) is 0 Å². The highest BCUT2D eigenvalue weighted by atomic mass is 127. The molecule has 3 rings (SSSR count). The fourth-order valence-electron chi connectivity index (χ4n) is 4.00.